The Hall–Kier alpha value is -2.63. The highest BCUT2D eigenvalue weighted by molar-refractivity contribution is 5.94. The van der Waals surface area contributed by atoms with Crippen LogP contribution in [0.3, 0.4) is 0 Å². The number of anilines is 1. The van der Waals surface area contributed by atoms with E-state index in [1.54, 1.807) is 6.26 Å². The van der Waals surface area contributed by atoms with E-state index in [9.17, 15) is 0 Å². The molecule has 0 aliphatic carbocycles. The Morgan fingerprint density at radius 2 is 2.04 bits per heavy atom. The van der Waals surface area contributed by atoms with E-state index in [-0.39, 0.29) is 0 Å². The zero-order valence-electron chi connectivity index (χ0n) is 15.3. The van der Waals surface area contributed by atoms with Crippen molar-refractivity contribution in [3.63, 3.8) is 0 Å². The van der Waals surface area contributed by atoms with Gasteiger partial charge in [0.25, 0.3) is 0 Å². The number of ether oxygens (including phenoxy) is 2. The molecule has 0 amide bonds. The Morgan fingerprint density at radius 1 is 1.15 bits per heavy atom. The Kier molecular flexibility index (Phi) is 6.81. The number of rotatable bonds is 7. The van der Waals surface area contributed by atoms with Gasteiger partial charge in [-0.15, -0.1) is 0 Å². The second-order valence-corrected chi connectivity index (χ2v) is 6.18. The van der Waals surface area contributed by atoms with Gasteiger partial charge in [-0.2, -0.15) is 0 Å². The highest BCUT2D eigenvalue weighted by Crippen LogP contribution is 2.32. The van der Waals surface area contributed by atoms with Crippen molar-refractivity contribution < 1.29 is 13.9 Å². The Labute approximate surface area is 154 Å². The normalized spacial score (nSPS) is 14.0. The summed E-state index contributed by atoms with van der Waals surface area (Å²) in [4.78, 5) is 4.65. The number of hydrogen-bond acceptors (Lipinski definition) is 4. The van der Waals surface area contributed by atoms with Gasteiger partial charge in [0, 0.05) is 37.7 Å². The monoisotopic (exact) mass is 357 g/mol. The van der Waals surface area contributed by atoms with Crippen molar-refractivity contribution in [3.8, 4) is 11.5 Å². The maximum absolute atomic E-state index is 5.76. The van der Waals surface area contributed by atoms with E-state index in [0.717, 1.165) is 67.7 Å². The van der Waals surface area contributed by atoms with Crippen LogP contribution in [-0.2, 0) is 6.42 Å². The minimum absolute atomic E-state index is 0.676. The van der Waals surface area contributed by atoms with Crippen molar-refractivity contribution in [3.05, 3.63) is 42.4 Å². The summed E-state index contributed by atoms with van der Waals surface area (Å²) in [5.74, 6) is 3.29. The van der Waals surface area contributed by atoms with E-state index in [1.807, 2.05) is 30.3 Å². The molecule has 0 saturated carbocycles. The quantitative estimate of drug-likeness (QED) is 0.448. The Bertz CT molecular complexity index is 698. The highest BCUT2D eigenvalue weighted by atomic mass is 16.5. The Morgan fingerprint density at radius 3 is 2.85 bits per heavy atom. The van der Waals surface area contributed by atoms with Gasteiger partial charge in [0.2, 0.25) is 0 Å². The van der Waals surface area contributed by atoms with Crippen molar-refractivity contribution in [1.82, 2.24) is 5.32 Å². The van der Waals surface area contributed by atoms with Crippen LogP contribution in [-0.4, -0.2) is 32.3 Å². The first-order valence-corrected chi connectivity index (χ1v) is 9.32. The smallest absolute Gasteiger partial charge is 0.195 e. The van der Waals surface area contributed by atoms with Crippen molar-refractivity contribution in [1.29, 1.82) is 0 Å². The molecule has 0 fully saturated rings. The van der Waals surface area contributed by atoms with E-state index in [2.05, 4.69) is 22.5 Å². The van der Waals surface area contributed by atoms with Gasteiger partial charge in [0.1, 0.15) is 5.76 Å². The molecule has 1 aromatic heterocycles. The summed E-state index contributed by atoms with van der Waals surface area (Å²) in [5, 5.41) is 6.73. The summed E-state index contributed by atoms with van der Waals surface area (Å²) in [7, 11) is 0. The molecule has 26 heavy (non-hydrogen) atoms. The van der Waals surface area contributed by atoms with E-state index >= 15 is 0 Å². The van der Waals surface area contributed by atoms with Gasteiger partial charge in [-0.25, -0.2) is 0 Å². The van der Waals surface area contributed by atoms with Crippen molar-refractivity contribution in [2.24, 2.45) is 4.99 Å². The van der Waals surface area contributed by atoms with Gasteiger partial charge in [-0.3, -0.25) is 4.99 Å². The fourth-order valence-corrected chi connectivity index (χ4v) is 2.63. The SMILES string of the molecule is CCCCN=C(NCCc1ccco1)Nc1ccc2c(c1)OCCCO2. The number of aliphatic imine (C=N–C) groups is 1. The van der Waals surface area contributed by atoms with Gasteiger partial charge in [-0.05, 0) is 30.7 Å². The van der Waals surface area contributed by atoms with Crippen LogP contribution in [0.25, 0.3) is 0 Å². The van der Waals surface area contributed by atoms with Crippen molar-refractivity contribution in [2.75, 3.05) is 31.6 Å². The van der Waals surface area contributed by atoms with Crippen LogP contribution in [0.5, 0.6) is 11.5 Å². The summed E-state index contributed by atoms with van der Waals surface area (Å²) < 4.78 is 16.8. The van der Waals surface area contributed by atoms with Crippen LogP contribution >= 0.6 is 0 Å². The Balaban J connectivity index is 1.62. The molecule has 0 saturated heterocycles. The molecule has 0 bridgehead atoms. The minimum Gasteiger partial charge on any atom is -0.490 e. The molecule has 140 valence electrons. The second kappa shape index (κ2) is 9.75. The molecule has 2 heterocycles. The third-order valence-electron chi connectivity index (χ3n) is 4.04. The first-order valence-electron chi connectivity index (χ1n) is 9.32. The number of benzene rings is 1. The molecule has 2 N–H and O–H groups in total. The standard InChI is InChI=1S/C20H27N3O3/c1-2-3-10-21-20(22-11-9-17-6-4-12-24-17)23-16-7-8-18-19(15-16)26-14-5-13-25-18/h4,6-8,12,15H,2-3,5,9-11,13-14H2,1H3,(H2,21,22,23). The molecule has 0 unspecified atom stereocenters. The number of fused-ring (bicyclic) bond motifs is 1. The van der Waals surface area contributed by atoms with E-state index in [1.165, 1.54) is 0 Å². The van der Waals surface area contributed by atoms with Crippen LogP contribution in [0.1, 0.15) is 31.9 Å². The molecule has 2 aromatic rings. The van der Waals surface area contributed by atoms with Gasteiger partial charge in [-0.1, -0.05) is 13.3 Å². The third-order valence-corrected chi connectivity index (χ3v) is 4.04. The maximum atomic E-state index is 5.76. The number of guanidine groups is 1. The van der Waals surface area contributed by atoms with Crippen molar-refractivity contribution >= 4 is 11.6 Å². The predicted octanol–water partition coefficient (Wildman–Crippen LogP) is 3.84. The molecule has 6 heteroatoms. The second-order valence-electron chi connectivity index (χ2n) is 6.18. The summed E-state index contributed by atoms with van der Waals surface area (Å²) >= 11 is 0. The summed E-state index contributed by atoms with van der Waals surface area (Å²) in [6.07, 6.45) is 5.58. The molecule has 1 aromatic carbocycles. The van der Waals surface area contributed by atoms with Gasteiger partial charge in [0.05, 0.1) is 19.5 Å². The lowest BCUT2D eigenvalue weighted by Gasteiger charge is -2.14. The molecule has 0 radical (unpaired) electrons. The zero-order chi connectivity index (χ0) is 18.0. The number of nitrogens with zero attached hydrogens (tertiary/aromatic N) is 1. The average Bonchev–Trinajstić information content (AvgIpc) is 3.05. The lowest BCUT2D eigenvalue weighted by molar-refractivity contribution is 0.297. The fourth-order valence-electron chi connectivity index (χ4n) is 2.63. The molecule has 1 aliphatic heterocycles. The van der Waals surface area contributed by atoms with Crippen LogP contribution < -0.4 is 20.1 Å². The minimum atomic E-state index is 0.676. The topological polar surface area (TPSA) is 68.0 Å². The lowest BCUT2D eigenvalue weighted by Crippen LogP contribution is -2.32. The van der Waals surface area contributed by atoms with E-state index in [0.29, 0.717) is 13.2 Å². The number of furan rings is 1. The number of hydrogen-bond donors (Lipinski definition) is 2. The molecule has 1 aliphatic rings. The first-order chi connectivity index (χ1) is 12.8. The van der Waals surface area contributed by atoms with Crippen LogP contribution in [0.15, 0.2) is 46.0 Å². The van der Waals surface area contributed by atoms with Gasteiger partial charge < -0.3 is 24.5 Å². The van der Waals surface area contributed by atoms with Gasteiger partial charge in [0.15, 0.2) is 17.5 Å². The highest BCUT2D eigenvalue weighted by Gasteiger charge is 2.11. The molecular weight excluding hydrogens is 330 g/mol. The average molecular weight is 357 g/mol. The maximum Gasteiger partial charge on any atom is 0.195 e. The van der Waals surface area contributed by atoms with Gasteiger partial charge >= 0.3 is 0 Å². The van der Waals surface area contributed by atoms with Crippen molar-refractivity contribution in [2.45, 2.75) is 32.6 Å². The molecule has 0 atom stereocenters. The zero-order valence-corrected chi connectivity index (χ0v) is 15.3. The lowest BCUT2D eigenvalue weighted by atomic mass is 10.2. The molecule has 3 rings (SSSR count). The van der Waals surface area contributed by atoms with Crippen LogP contribution in [0.4, 0.5) is 5.69 Å². The largest absolute Gasteiger partial charge is 0.490 e. The number of unbranched alkanes of at least 4 members (excludes halogenated alkanes) is 1. The molecule has 6 nitrogen and oxygen atoms in total. The first kappa shape index (κ1) is 18.2. The fraction of sp³-hybridized carbons (Fsp3) is 0.450. The summed E-state index contributed by atoms with van der Waals surface area (Å²) in [6.45, 7) is 5.07. The van der Waals surface area contributed by atoms with Crippen LogP contribution in [0.2, 0.25) is 0 Å². The molecule has 0 spiro atoms. The third kappa shape index (κ3) is 5.44. The summed E-state index contributed by atoms with van der Waals surface area (Å²) in [5.41, 5.74) is 0.926. The molecular formula is C20H27N3O3. The predicted molar refractivity (Wildman–Crippen MR) is 103 cm³/mol. The summed E-state index contributed by atoms with van der Waals surface area (Å²) in [6, 6.07) is 9.77. The van der Waals surface area contributed by atoms with Crippen LogP contribution in [0, 0.1) is 0 Å². The van der Waals surface area contributed by atoms with E-state index in [4.69, 9.17) is 13.9 Å². The van der Waals surface area contributed by atoms with E-state index < -0.39 is 0 Å². The number of nitrogens with one attached hydrogen (secondary N) is 2.